The summed E-state index contributed by atoms with van der Waals surface area (Å²) in [5, 5.41) is 18.8. The van der Waals surface area contributed by atoms with Gasteiger partial charge in [0, 0.05) is 24.0 Å². The van der Waals surface area contributed by atoms with Crippen molar-refractivity contribution in [3.8, 4) is 11.5 Å². The molecule has 0 unspecified atom stereocenters. The van der Waals surface area contributed by atoms with Gasteiger partial charge in [-0.15, -0.1) is 0 Å². The smallest absolute Gasteiger partial charge is 0.163 e. The highest BCUT2D eigenvalue weighted by Crippen LogP contribution is 2.20. The standard InChI is InChI=1S/C20H22O4/c1-13-11-15(21)7-9-17(13)19(23)5-3-4-6-20(24)18-10-8-16(22)12-14(18)2/h7-12,21-22H,3-6H2,1-2H3. The van der Waals surface area contributed by atoms with E-state index in [1.165, 1.54) is 12.1 Å². The molecule has 0 fully saturated rings. The van der Waals surface area contributed by atoms with Crippen molar-refractivity contribution in [3.05, 3.63) is 58.7 Å². The minimum absolute atomic E-state index is 0.0285. The zero-order valence-corrected chi connectivity index (χ0v) is 14.0. The minimum atomic E-state index is 0.0285. The normalized spacial score (nSPS) is 10.6. The summed E-state index contributed by atoms with van der Waals surface area (Å²) >= 11 is 0. The molecule has 2 rings (SSSR count). The number of unbranched alkanes of at least 4 members (excludes halogenated alkanes) is 1. The number of ketones is 2. The first-order valence-electron chi connectivity index (χ1n) is 8.04. The van der Waals surface area contributed by atoms with Crippen molar-refractivity contribution in [3.63, 3.8) is 0 Å². The number of Topliss-reactive ketones (excluding diaryl/α,β-unsaturated/α-hetero) is 2. The van der Waals surface area contributed by atoms with Gasteiger partial charge in [-0.3, -0.25) is 9.59 Å². The topological polar surface area (TPSA) is 74.6 Å². The van der Waals surface area contributed by atoms with E-state index in [0.29, 0.717) is 36.8 Å². The van der Waals surface area contributed by atoms with Crippen molar-refractivity contribution >= 4 is 11.6 Å². The lowest BCUT2D eigenvalue weighted by Gasteiger charge is -2.07. The molecular formula is C20H22O4. The molecule has 0 aliphatic heterocycles. The Labute approximate surface area is 141 Å². The number of rotatable bonds is 7. The molecule has 2 N–H and O–H groups in total. The number of carbonyl (C=O) groups excluding carboxylic acids is 2. The molecule has 24 heavy (non-hydrogen) atoms. The summed E-state index contributed by atoms with van der Waals surface area (Å²) in [5.74, 6) is 0.361. The second kappa shape index (κ2) is 7.77. The Morgan fingerprint density at radius 2 is 1.12 bits per heavy atom. The number of carbonyl (C=O) groups is 2. The predicted octanol–water partition coefficient (Wildman–Crippen LogP) is 4.34. The lowest BCUT2D eigenvalue weighted by Crippen LogP contribution is -2.04. The third-order valence-electron chi connectivity index (χ3n) is 4.08. The molecule has 0 aliphatic carbocycles. The van der Waals surface area contributed by atoms with Gasteiger partial charge >= 0.3 is 0 Å². The van der Waals surface area contributed by atoms with Gasteiger partial charge in [0.25, 0.3) is 0 Å². The van der Waals surface area contributed by atoms with E-state index >= 15 is 0 Å². The maximum atomic E-state index is 12.2. The molecule has 0 atom stereocenters. The van der Waals surface area contributed by atoms with Crippen LogP contribution < -0.4 is 0 Å². The molecule has 0 saturated heterocycles. The fraction of sp³-hybridized carbons (Fsp3) is 0.300. The van der Waals surface area contributed by atoms with E-state index in [1.807, 2.05) is 0 Å². The van der Waals surface area contributed by atoms with E-state index in [4.69, 9.17) is 0 Å². The molecule has 0 aromatic heterocycles. The fourth-order valence-corrected chi connectivity index (χ4v) is 2.76. The summed E-state index contributed by atoms with van der Waals surface area (Å²) in [6.45, 7) is 3.59. The van der Waals surface area contributed by atoms with Gasteiger partial charge in [0.2, 0.25) is 0 Å². The molecule has 2 aromatic rings. The minimum Gasteiger partial charge on any atom is -0.508 e. The van der Waals surface area contributed by atoms with E-state index in [-0.39, 0.29) is 23.1 Å². The molecule has 126 valence electrons. The van der Waals surface area contributed by atoms with Crippen LogP contribution in [-0.4, -0.2) is 21.8 Å². The molecular weight excluding hydrogens is 304 g/mol. The first kappa shape index (κ1) is 17.7. The molecule has 4 nitrogen and oxygen atoms in total. The van der Waals surface area contributed by atoms with E-state index < -0.39 is 0 Å². The van der Waals surface area contributed by atoms with Gasteiger partial charge in [-0.05, 0) is 74.2 Å². The Bertz CT molecular complexity index is 697. The van der Waals surface area contributed by atoms with Crippen LogP contribution >= 0.6 is 0 Å². The lowest BCUT2D eigenvalue weighted by molar-refractivity contribution is 0.0954. The maximum absolute atomic E-state index is 12.2. The molecule has 0 bridgehead atoms. The van der Waals surface area contributed by atoms with Gasteiger partial charge in [0.15, 0.2) is 11.6 Å². The molecule has 4 heteroatoms. The number of phenols is 2. The summed E-state index contributed by atoms with van der Waals surface area (Å²) < 4.78 is 0. The Balaban J connectivity index is 1.84. The molecule has 0 amide bonds. The van der Waals surface area contributed by atoms with Crippen LogP contribution in [-0.2, 0) is 0 Å². The summed E-state index contributed by atoms with van der Waals surface area (Å²) in [7, 11) is 0. The highest BCUT2D eigenvalue weighted by atomic mass is 16.3. The van der Waals surface area contributed by atoms with Gasteiger partial charge in [0.1, 0.15) is 11.5 Å². The fourth-order valence-electron chi connectivity index (χ4n) is 2.76. The van der Waals surface area contributed by atoms with E-state index in [0.717, 1.165) is 11.1 Å². The number of hydrogen-bond donors (Lipinski definition) is 2. The van der Waals surface area contributed by atoms with Crippen LogP contribution in [0.1, 0.15) is 57.5 Å². The second-order valence-corrected chi connectivity index (χ2v) is 6.05. The molecule has 0 radical (unpaired) electrons. The van der Waals surface area contributed by atoms with Crippen molar-refractivity contribution in [2.45, 2.75) is 39.5 Å². The Hall–Kier alpha value is -2.62. The van der Waals surface area contributed by atoms with Gasteiger partial charge in [-0.2, -0.15) is 0 Å². The zero-order valence-electron chi connectivity index (χ0n) is 14.0. The third kappa shape index (κ3) is 4.44. The predicted molar refractivity (Wildman–Crippen MR) is 92.8 cm³/mol. The van der Waals surface area contributed by atoms with Crippen molar-refractivity contribution in [2.75, 3.05) is 0 Å². The number of benzene rings is 2. The highest BCUT2D eigenvalue weighted by molar-refractivity contribution is 5.98. The second-order valence-electron chi connectivity index (χ2n) is 6.05. The van der Waals surface area contributed by atoms with Gasteiger partial charge in [-0.25, -0.2) is 0 Å². The average molecular weight is 326 g/mol. The molecule has 0 heterocycles. The number of hydrogen-bond acceptors (Lipinski definition) is 4. The maximum Gasteiger partial charge on any atom is 0.163 e. The van der Waals surface area contributed by atoms with E-state index in [2.05, 4.69) is 0 Å². The first-order valence-corrected chi connectivity index (χ1v) is 8.04. The molecule has 0 aliphatic rings. The van der Waals surface area contributed by atoms with Crippen molar-refractivity contribution in [1.29, 1.82) is 0 Å². The van der Waals surface area contributed by atoms with Crippen LogP contribution in [0.2, 0.25) is 0 Å². The SMILES string of the molecule is Cc1cc(O)ccc1C(=O)CCCCC(=O)c1ccc(O)cc1C. The average Bonchev–Trinajstić information content (AvgIpc) is 2.51. The van der Waals surface area contributed by atoms with Gasteiger partial charge in [0.05, 0.1) is 0 Å². The van der Waals surface area contributed by atoms with Crippen molar-refractivity contribution < 1.29 is 19.8 Å². The van der Waals surface area contributed by atoms with Crippen LogP contribution in [0.15, 0.2) is 36.4 Å². The first-order chi connectivity index (χ1) is 11.4. The lowest BCUT2D eigenvalue weighted by atomic mass is 9.97. The Kier molecular flexibility index (Phi) is 5.74. The van der Waals surface area contributed by atoms with Crippen LogP contribution in [0, 0.1) is 13.8 Å². The highest BCUT2D eigenvalue weighted by Gasteiger charge is 2.12. The number of aryl methyl sites for hydroxylation is 2. The van der Waals surface area contributed by atoms with Crippen LogP contribution in [0.3, 0.4) is 0 Å². The summed E-state index contributed by atoms with van der Waals surface area (Å²) in [6.07, 6.45) is 2.05. The molecule has 2 aromatic carbocycles. The van der Waals surface area contributed by atoms with Crippen molar-refractivity contribution in [1.82, 2.24) is 0 Å². The number of aromatic hydroxyl groups is 2. The van der Waals surface area contributed by atoms with Crippen LogP contribution in [0.4, 0.5) is 0 Å². The number of phenolic OH excluding ortho intramolecular Hbond substituents is 2. The zero-order chi connectivity index (χ0) is 17.7. The quantitative estimate of drug-likeness (QED) is 0.586. The van der Waals surface area contributed by atoms with E-state index in [1.54, 1.807) is 38.1 Å². The molecule has 0 spiro atoms. The molecule has 0 saturated carbocycles. The Morgan fingerprint density at radius 1 is 0.750 bits per heavy atom. The monoisotopic (exact) mass is 326 g/mol. The van der Waals surface area contributed by atoms with Crippen molar-refractivity contribution in [2.24, 2.45) is 0 Å². The summed E-state index contributed by atoms with van der Waals surface area (Å²) in [4.78, 5) is 24.4. The van der Waals surface area contributed by atoms with Gasteiger partial charge < -0.3 is 10.2 Å². The largest absolute Gasteiger partial charge is 0.508 e. The van der Waals surface area contributed by atoms with Gasteiger partial charge in [-0.1, -0.05) is 0 Å². The third-order valence-corrected chi connectivity index (χ3v) is 4.08. The van der Waals surface area contributed by atoms with E-state index in [9.17, 15) is 19.8 Å². The van der Waals surface area contributed by atoms with Crippen LogP contribution in [0.5, 0.6) is 11.5 Å². The Morgan fingerprint density at radius 3 is 1.46 bits per heavy atom. The summed E-state index contributed by atoms with van der Waals surface area (Å²) in [6, 6.07) is 9.44. The van der Waals surface area contributed by atoms with Crippen LogP contribution in [0.25, 0.3) is 0 Å². The summed E-state index contributed by atoms with van der Waals surface area (Å²) in [5.41, 5.74) is 2.76.